The van der Waals surface area contributed by atoms with Gasteiger partial charge in [0.25, 0.3) is 5.91 Å². The van der Waals surface area contributed by atoms with Crippen molar-refractivity contribution >= 4 is 11.8 Å². The number of aryl methyl sites for hydroxylation is 2. The highest BCUT2D eigenvalue weighted by Gasteiger charge is 2.41. The third-order valence-electron chi connectivity index (χ3n) is 4.63. The van der Waals surface area contributed by atoms with Gasteiger partial charge < -0.3 is 19.2 Å². The fourth-order valence-electron chi connectivity index (χ4n) is 3.37. The molecule has 7 heteroatoms. The van der Waals surface area contributed by atoms with E-state index in [9.17, 15) is 9.59 Å². The quantitative estimate of drug-likeness (QED) is 0.904. The fraction of sp³-hybridized carbons (Fsp3) is 0.471. The van der Waals surface area contributed by atoms with Gasteiger partial charge in [0.15, 0.2) is 0 Å². The van der Waals surface area contributed by atoms with Crippen LogP contribution in [0.25, 0.3) is 0 Å². The molecule has 7 nitrogen and oxygen atoms in total. The topological polar surface area (TPSA) is 80.4 Å². The minimum atomic E-state index is -0.178. The highest BCUT2D eigenvalue weighted by Crippen LogP contribution is 2.36. The summed E-state index contributed by atoms with van der Waals surface area (Å²) in [5.41, 5.74) is 0.528. The van der Waals surface area contributed by atoms with Crippen LogP contribution in [0.5, 0.6) is 0 Å². The van der Waals surface area contributed by atoms with Crippen LogP contribution >= 0.6 is 0 Å². The molecule has 0 aromatic carbocycles. The molecule has 0 radical (unpaired) electrons. The molecule has 2 aromatic rings. The van der Waals surface area contributed by atoms with E-state index >= 15 is 0 Å². The average Bonchev–Trinajstić information content (AvgIpc) is 3.23. The van der Waals surface area contributed by atoms with Crippen molar-refractivity contribution in [1.29, 1.82) is 0 Å². The molecular formula is C17H22N4O3. The largest absolute Gasteiger partial charge is 0.469 e. The number of aromatic nitrogens is 2. The van der Waals surface area contributed by atoms with Gasteiger partial charge in [0.2, 0.25) is 5.91 Å². The summed E-state index contributed by atoms with van der Waals surface area (Å²) >= 11 is 0. The highest BCUT2D eigenvalue weighted by atomic mass is 16.3. The molecule has 3 rings (SSSR count). The number of hydrogen-bond donors (Lipinski definition) is 1. The monoisotopic (exact) mass is 330 g/mol. The van der Waals surface area contributed by atoms with Crippen molar-refractivity contribution in [3.05, 3.63) is 41.9 Å². The maximum atomic E-state index is 12.3. The lowest BCUT2D eigenvalue weighted by atomic mass is 9.99. The first-order valence-electron chi connectivity index (χ1n) is 8.11. The number of nitrogens with zero attached hydrogens (tertiary/aromatic N) is 3. The maximum Gasteiger partial charge on any atom is 0.254 e. The van der Waals surface area contributed by atoms with Crippen molar-refractivity contribution in [1.82, 2.24) is 19.8 Å². The zero-order chi connectivity index (χ0) is 17.3. The second-order valence-electron chi connectivity index (χ2n) is 6.09. The molecule has 128 valence electrons. The number of carbonyl (C=O) groups excluding carboxylic acids is 2. The highest BCUT2D eigenvalue weighted by molar-refractivity contribution is 5.95. The van der Waals surface area contributed by atoms with Gasteiger partial charge >= 0.3 is 0 Å². The number of likely N-dealkylation sites (tertiary alicyclic amines) is 1. The molecule has 0 unspecified atom stereocenters. The lowest BCUT2D eigenvalue weighted by Crippen LogP contribution is -2.35. The normalized spacial score (nSPS) is 20.6. The van der Waals surface area contributed by atoms with Crippen LogP contribution in [-0.2, 0) is 11.8 Å². The molecule has 2 aromatic heterocycles. The number of nitrogens with one attached hydrogen (secondary N) is 1. The zero-order valence-corrected chi connectivity index (χ0v) is 14.2. The van der Waals surface area contributed by atoms with Crippen LogP contribution in [0.4, 0.5) is 0 Å². The SMILES string of the molecule is CCN1C(=O)C[C@@H](CNC(=O)c2ccoc2C)[C@@H]1c1nccn1C. The minimum Gasteiger partial charge on any atom is -0.469 e. The standard InChI is InChI=1S/C17H22N4O3/c1-4-21-14(22)9-12(15(21)16-18-6-7-20(16)3)10-19-17(23)13-5-8-24-11(13)2/h5-8,12,15H,4,9-10H2,1-3H3,(H,19,23)/t12-,15+/m0/s1. The van der Waals surface area contributed by atoms with Crippen molar-refractivity contribution in [3.8, 4) is 0 Å². The molecule has 0 aliphatic carbocycles. The summed E-state index contributed by atoms with van der Waals surface area (Å²) in [7, 11) is 1.92. The van der Waals surface area contributed by atoms with E-state index in [-0.39, 0.29) is 23.8 Å². The smallest absolute Gasteiger partial charge is 0.254 e. The van der Waals surface area contributed by atoms with Gasteiger partial charge in [0.05, 0.1) is 17.9 Å². The van der Waals surface area contributed by atoms with E-state index in [1.54, 1.807) is 19.2 Å². The second-order valence-corrected chi connectivity index (χ2v) is 6.09. The number of furan rings is 1. The lowest BCUT2D eigenvalue weighted by molar-refractivity contribution is -0.128. The van der Waals surface area contributed by atoms with Gasteiger partial charge in [-0.25, -0.2) is 4.98 Å². The Morgan fingerprint density at radius 3 is 2.88 bits per heavy atom. The van der Waals surface area contributed by atoms with Gasteiger partial charge in [-0.05, 0) is 19.9 Å². The summed E-state index contributed by atoms with van der Waals surface area (Å²) in [6.45, 7) is 4.76. The van der Waals surface area contributed by atoms with Crippen molar-refractivity contribution in [2.45, 2.75) is 26.3 Å². The van der Waals surface area contributed by atoms with Gasteiger partial charge in [-0.15, -0.1) is 0 Å². The van der Waals surface area contributed by atoms with E-state index in [0.717, 1.165) is 5.82 Å². The first-order chi connectivity index (χ1) is 11.5. The Bertz CT molecular complexity index is 749. The fourth-order valence-corrected chi connectivity index (χ4v) is 3.37. The molecule has 3 heterocycles. The molecule has 0 saturated carbocycles. The van der Waals surface area contributed by atoms with Gasteiger partial charge in [-0.1, -0.05) is 0 Å². The average molecular weight is 330 g/mol. The third-order valence-corrected chi connectivity index (χ3v) is 4.63. The lowest BCUT2D eigenvalue weighted by Gasteiger charge is -2.27. The zero-order valence-electron chi connectivity index (χ0n) is 14.2. The molecule has 24 heavy (non-hydrogen) atoms. The number of amides is 2. The number of rotatable bonds is 5. The van der Waals surface area contributed by atoms with Crippen LogP contribution in [-0.4, -0.2) is 39.4 Å². The Balaban J connectivity index is 1.76. The van der Waals surface area contributed by atoms with Crippen LogP contribution in [0.1, 0.15) is 41.3 Å². The molecule has 2 amide bonds. The van der Waals surface area contributed by atoms with Gasteiger partial charge in [-0.3, -0.25) is 9.59 Å². The van der Waals surface area contributed by atoms with Crippen molar-refractivity contribution in [2.75, 3.05) is 13.1 Å². The molecule has 0 spiro atoms. The van der Waals surface area contributed by atoms with Crippen molar-refractivity contribution in [2.24, 2.45) is 13.0 Å². The van der Waals surface area contributed by atoms with Gasteiger partial charge in [-0.2, -0.15) is 0 Å². The first-order valence-corrected chi connectivity index (χ1v) is 8.11. The van der Waals surface area contributed by atoms with E-state index < -0.39 is 0 Å². The minimum absolute atomic E-state index is 0.00490. The van der Waals surface area contributed by atoms with Gasteiger partial charge in [0, 0.05) is 44.9 Å². The van der Waals surface area contributed by atoms with Crippen LogP contribution in [0.2, 0.25) is 0 Å². The molecule has 1 N–H and O–H groups in total. The molecule has 2 atom stereocenters. The van der Waals surface area contributed by atoms with E-state index in [0.29, 0.717) is 30.8 Å². The number of imidazole rings is 1. The molecule has 0 bridgehead atoms. The summed E-state index contributed by atoms with van der Waals surface area (Å²) in [5.74, 6) is 1.36. The van der Waals surface area contributed by atoms with E-state index in [1.807, 2.05) is 29.6 Å². The summed E-state index contributed by atoms with van der Waals surface area (Å²) in [6.07, 6.45) is 5.52. The third kappa shape index (κ3) is 2.81. The molecule has 1 saturated heterocycles. The Morgan fingerprint density at radius 1 is 1.50 bits per heavy atom. The predicted molar refractivity (Wildman–Crippen MR) is 87.2 cm³/mol. The van der Waals surface area contributed by atoms with E-state index in [1.165, 1.54) is 6.26 Å². The van der Waals surface area contributed by atoms with Crippen LogP contribution in [0.15, 0.2) is 29.1 Å². The molecule has 1 fully saturated rings. The molecular weight excluding hydrogens is 308 g/mol. The number of carbonyl (C=O) groups is 2. The molecule has 1 aliphatic heterocycles. The Hall–Kier alpha value is -2.57. The summed E-state index contributed by atoms with van der Waals surface area (Å²) in [5, 5.41) is 2.93. The van der Waals surface area contributed by atoms with E-state index in [4.69, 9.17) is 4.42 Å². The Kier molecular flexibility index (Phi) is 4.42. The summed E-state index contributed by atoms with van der Waals surface area (Å²) in [6, 6.07) is 1.53. The van der Waals surface area contributed by atoms with Gasteiger partial charge in [0.1, 0.15) is 11.6 Å². The number of hydrogen-bond acceptors (Lipinski definition) is 4. The van der Waals surface area contributed by atoms with Crippen LogP contribution in [0.3, 0.4) is 0 Å². The van der Waals surface area contributed by atoms with E-state index in [2.05, 4.69) is 10.3 Å². The van der Waals surface area contributed by atoms with Crippen molar-refractivity contribution < 1.29 is 14.0 Å². The van der Waals surface area contributed by atoms with Crippen LogP contribution < -0.4 is 5.32 Å². The summed E-state index contributed by atoms with van der Waals surface area (Å²) < 4.78 is 7.10. The van der Waals surface area contributed by atoms with Crippen molar-refractivity contribution in [3.63, 3.8) is 0 Å². The maximum absolute atomic E-state index is 12.3. The predicted octanol–water partition coefficient (Wildman–Crippen LogP) is 1.66. The van der Waals surface area contributed by atoms with Crippen LogP contribution in [0, 0.1) is 12.8 Å². The summed E-state index contributed by atoms with van der Waals surface area (Å²) in [4.78, 5) is 30.9. The Labute approximate surface area is 140 Å². The Morgan fingerprint density at radius 2 is 2.29 bits per heavy atom. The second kappa shape index (κ2) is 6.51. The first kappa shape index (κ1) is 16.3. The molecule has 1 aliphatic rings.